The van der Waals surface area contributed by atoms with E-state index in [1.54, 1.807) is 7.11 Å². The number of hydrogen-bond donors (Lipinski definition) is 0. The highest BCUT2D eigenvalue weighted by Crippen LogP contribution is 1.89. The lowest BCUT2D eigenvalue weighted by atomic mass is 10.3. The van der Waals surface area contributed by atoms with E-state index in [-0.39, 0.29) is 0 Å². The zero-order chi connectivity index (χ0) is 6.95. The smallest absolute Gasteiger partial charge is 0.0643 e. The zero-order valence-corrected chi connectivity index (χ0v) is 5.97. The molecule has 0 heterocycles. The van der Waals surface area contributed by atoms with E-state index in [9.17, 15) is 0 Å². The van der Waals surface area contributed by atoms with Crippen LogP contribution in [-0.4, -0.2) is 13.7 Å². The average Bonchev–Trinajstić information content (AvgIpc) is 1.89. The first-order valence-corrected chi connectivity index (χ1v) is 3.16. The molecule has 0 amide bonds. The Labute approximate surface area is 57.0 Å². The number of ether oxygens (including phenoxy) is 1. The van der Waals surface area contributed by atoms with Crippen LogP contribution in [0.15, 0.2) is 24.8 Å². The Bertz CT molecular complexity index is 84.6. The van der Waals surface area contributed by atoms with Gasteiger partial charge in [0, 0.05) is 7.11 Å². The fourth-order valence-corrected chi connectivity index (χ4v) is 0.496. The van der Waals surface area contributed by atoms with Crippen LogP contribution in [0.2, 0.25) is 0 Å². The molecule has 0 saturated heterocycles. The molecule has 0 N–H and O–H groups in total. The monoisotopic (exact) mass is 126 g/mol. The largest absolute Gasteiger partial charge is 0.381 e. The Kier molecular flexibility index (Phi) is 6.98. The van der Waals surface area contributed by atoms with Gasteiger partial charge in [-0.2, -0.15) is 0 Å². The van der Waals surface area contributed by atoms with Crippen molar-refractivity contribution < 1.29 is 4.74 Å². The van der Waals surface area contributed by atoms with Crippen molar-refractivity contribution >= 4 is 0 Å². The molecule has 0 aromatic rings. The van der Waals surface area contributed by atoms with E-state index in [1.165, 1.54) is 0 Å². The molecule has 1 heteroatoms. The first-order valence-electron chi connectivity index (χ1n) is 3.16. The molecule has 0 spiro atoms. The predicted octanol–water partition coefficient (Wildman–Crippen LogP) is 2.16. The van der Waals surface area contributed by atoms with Crippen LogP contribution >= 0.6 is 0 Å². The van der Waals surface area contributed by atoms with Gasteiger partial charge >= 0.3 is 0 Å². The van der Waals surface area contributed by atoms with Crippen molar-refractivity contribution in [2.75, 3.05) is 13.7 Å². The molecule has 0 radical (unpaired) electrons. The summed E-state index contributed by atoms with van der Waals surface area (Å²) in [5.41, 5.74) is 0. The molecular formula is C8H14O. The van der Waals surface area contributed by atoms with Gasteiger partial charge in [0.1, 0.15) is 0 Å². The molecule has 0 fully saturated rings. The van der Waals surface area contributed by atoms with E-state index < -0.39 is 0 Å². The molecule has 0 saturated carbocycles. The van der Waals surface area contributed by atoms with Crippen LogP contribution in [0.4, 0.5) is 0 Å². The van der Waals surface area contributed by atoms with Crippen molar-refractivity contribution in [3.63, 3.8) is 0 Å². The Morgan fingerprint density at radius 2 is 2.11 bits per heavy atom. The van der Waals surface area contributed by atoms with Crippen molar-refractivity contribution in [3.8, 4) is 0 Å². The molecule has 52 valence electrons. The lowest BCUT2D eigenvalue weighted by molar-refractivity contribution is 0.233. The average molecular weight is 126 g/mol. The van der Waals surface area contributed by atoms with E-state index in [4.69, 9.17) is 4.74 Å². The van der Waals surface area contributed by atoms with Gasteiger partial charge < -0.3 is 4.74 Å². The third-order valence-corrected chi connectivity index (χ3v) is 0.967. The topological polar surface area (TPSA) is 9.23 Å². The van der Waals surface area contributed by atoms with Crippen molar-refractivity contribution in [2.45, 2.75) is 12.8 Å². The Balaban J connectivity index is 2.94. The molecule has 0 aliphatic rings. The standard InChI is InChI=1S/C8H14O/c1-3-4-5-6-7-8-9-2/h3,6-7H,1,4-5,8H2,2H3/b7-6-. The Morgan fingerprint density at radius 1 is 1.33 bits per heavy atom. The molecule has 1 nitrogen and oxygen atoms in total. The fraction of sp³-hybridized carbons (Fsp3) is 0.500. The van der Waals surface area contributed by atoms with E-state index >= 15 is 0 Å². The summed E-state index contributed by atoms with van der Waals surface area (Å²) in [6, 6.07) is 0. The molecule has 9 heavy (non-hydrogen) atoms. The molecule has 0 unspecified atom stereocenters. The summed E-state index contributed by atoms with van der Waals surface area (Å²) in [7, 11) is 1.69. The predicted molar refractivity (Wildman–Crippen MR) is 40.4 cm³/mol. The van der Waals surface area contributed by atoms with Gasteiger partial charge in [0.2, 0.25) is 0 Å². The Morgan fingerprint density at radius 3 is 2.67 bits per heavy atom. The number of hydrogen-bond acceptors (Lipinski definition) is 1. The molecule has 0 atom stereocenters. The van der Waals surface area contributed by atoms with Gasteiger partial charge in [-0.1, -0.05) is 18.2 Å². The minimum absolute atomic E-state index is 0.719. The number of rotatable bonds is 5. The molecular weight excluding hydrogens is 112 g/mol. The maximum absolute atomic E-state index is 4.81. The van der Waals surface area contributed by atoms with Gasteiger partial charge in [0.15, 0.2) is 0 Å². The highest BCUT2D eigenvalue weighted by molar-refractivity contribution is 4.83. The normalized spacial score (nSPS) is 10.3. The highest BCUT2D eigenvalue weighted by Gasteiger charge is 1.73. The second-order valence-corrected chi connectivity index (χ2v) is 1.79. The summed E-state index contributed by atoms with van der Waals surface area (Å²) in [6.45, 7) is 4.33. The van der Waals surface area contributed by atoms with Crippen molar-refractivity contribution in [1.29, 1.82) is 0 Å². The number of methoxy groups -OCH3 is 1. The van der Waals surface area contributed by atoms with Gasteiger partial charge in [0.05, 0.1) is 6.61 Å². The van der Waals surface area contributed by atoms with Crippen molar-refractivity contribution in [2.24, 2.45) is 0 Å². The second kappa shape index (κ2) is 7.44. The Hall–Kier alpha value is -0.560. The van der Waals surface area contributed by atoms with E-state index in [1.807, 2.05) is 12.2 Å². The fourth-order valence-electron chi connectivity index (χ4n) is 0.496. The zero-order valence-electron chi connectivity index (χ0n) is 5.97. The summed E-state index contributed by atoms with van der Waals surface area (Å²) < 4.78 is 4.81. The summed E-state index contributed by atoms with van der Waals surface area (Å²) in [5.74, 6) is 0. The molecule has 0 aromatic heterocycles. The van der Waals surface area contributed by atoms with Gasteiger partial charge in [-0.15, -0.1) is 6.58 Å². The summed E-state index contributed by atoms with van der Waals surface area (Å²) in [5, 5.41) is 0. The van der Waals surface area contributed by atoms with Crippen molar-refractivity contribution in [3.05, 3.63) is 24.8 Å². The van der Waals surface area contributed by atoms with Crippen LogP contribution in [0.3, 0.4) is 0 Å². The molecule has 0 aliphatic carbocycles. The quantitative estimate of drug-likeness (QED) is 0.405. The molecule has 0 aliphatic heterocycles. The second-order valence-electron chi connectivity index (χ2n) is 1.79. The highest BCUT2D eigenvalue weighted by atomic mass is 16.5. The number of allylic oxidation sites excluding steroid dienone is 2. The van der Waals surface area contributed by atoms with E-state index in [0.717, 1.165) is 19.4 Å². The van der Waals surface area contributed by atoms with Crippen LogP contribution in [0.1, 0.15) is 12.8 Å². The summed E-state index contributed by atoms with van der Waals surface area (Å²) in [4.78, 5) is 0. The lowest BCUT2D eigenvalue weighted by Crippen LogP contribution is -1.79. The van der Waals surface area contributed by atoms with Crippen LogP contribution in [0.5, 0.6) is 0 Å². The van der Waals surface area contributed by atoms with E-state index in [0.29, 0.717) is 0 Å². The minimum Gasteiger partial charge on any atom is -0.381 e. The van der Waals surface area contributed by atoms with E-state index in [2.05, 4.69) is 12.7 Å². The third-order valence-electron chi connectivity index (χ3n) is 0.967. The summed E-state index contributed by atoms with van der Waals surface area (Å²) in [6.07, 6.45) is 8.17. The SMILES string of the molecule is C=CCC/C=C\COC. The third kappa shape index (κ3) is 7.44. The van der Waals surface area contributed by atoms with Crippen LogP contribution < -0.4 is 0 Å². The lowest BCUT2D eigenvalue weighted by Gasteiger charge is -1.86. The maximum atomic E-state index is 4.81. The van der Waals surface area contributed by atoms with Crippen molar-refractivity contribution in [1.82, 2.24) is 0 Å². The number of unbranched alkanes of at least 4 members (excludes halogenated alkanes) is 1. The van der Waals surface area contributed by atoms with Gasteiger partial charge in [-0.25, -0.2) is 0 Å². The molecule has 0 bridgehead atoms. The van der Waals surface area contributed by atoms with Gasteiger partial charge in [-0.05, 0) is 12.8 Å². The molecule has 0 rings (SSSR count). The van der Waals surface area contributed by atoms with Crippen LogP contribution in [0, 0.1) is 0 Å². The first-order chi connectivity index (χ1) is 4.41. The van der Waals surface area contributed by atoms with Gasteiger partial charge in [-0.3, -0.25) is 0 Å². The van der Waals surface area contributed by atoms with Crippen LogP contribution in [0.25, 0.3) is 0 Å². The van der Waals surface area contributed by atoms with Crippen LogP contribution in [-0.2, 0) is 4.74 Å². The minimum atomic E-state index is 0.719. The molecule has 0 aromatic carbocycles. The first kappa shape index (κ1) is 8.44. The van der Waals surface area contributed by atoms with Gasteiger partial charge in [0.25, 0.3) is 0 Å². The maximum Gasteiger partial charge on any atom is 0.0643 e. The summed E-state index contributed by atoms with van der Waals surface area (Å²) >= 11 is 0.